The minimum Gasteiger partial charge on any atom is -0.469 e. The molecule has 0 saturated heterocycles. The van der Waals surface area contributed by atoms with Gasteiger partial charge < -0.3 is 4.74 Å². The number of hydrogen-bond donors (Lipinski definition) is 0. The first-order chi connectivity index (χ1) is 7.63. The Bertz CT molecular complexity index is 362. The van der Waals surface area contributed by atoms with Gasteiger partial charge in [0.15, 0.2) is 0 Å². The molecular weight excluding hydrogens is 224 g/mol. The van der Waals surface area contributed by atoms with Crippen LogP contribution in [0.25, 0.3) is 0 Å². The lowest BCUT2D eigenvalue weighted by Crippen LogP contribution is -2.19. The summed E-state index contributed by atoms with van der Waals surface area (Å²) in [7, 11) is 1.33. The molecule has 0 bridgehead atoms. The highest BCUT2D eigenvalue weighted by Gasteiger charge is 2.19. The quantitative estimate of drug-likeness (QED) is 0.583. The lowest BCUT2D eigenvalue weighted by Gasteiger charge is -2.11. The first-order valence-electron chi connectivity index (χ1n) is 4.92. The van der Waals surface area contributed by atoms with E-state index in [4.69, 9.17) is 0 Å². The van der Waals surface area contributed by atoms with Gasteiger partial charge in [0.05, 0.1) is 18.8 Å². The lowest BCUT2D eigenvalue weighted by atomic mass is 10.2. The zero-order valence-corrected chi connectivity index (χ0v) is 10.1. The predicted molar refractivity (Wildman–Crippen MR) is 63.4 cm³/mol. The fourth-order valence-corrected chi connectivity index (χ4v) is 2.19. The molecule has 1 atom stereocenters. The van der Waals surface area contributed by atoms with E-state index in [0.717, 1.165) is 4.90 Å². The maximum Gasteiger partial charge on any atom is 0.307 e. The number of hydrogen-bond acceptors (Lipinski definition) is 4. The van der Waals surface area contributed by atoms with Crippen molar-refractivity contribution in [3.63, 3.8) is 0 Å². The first kappa shape index (κ1) is 12.8. The summed E-state index contributed by atoms with van der Waals surface area (Å²) in [6.45, 7) is 1.49. The molecule has 1 rings (SSSR count). The molecule has 0 aromatic heterocycles. The van der Waals surface area contributed by atoms with Crippen molar-refractivity contribution in [1.29, 1.82) is 0 Å². The van der Waals surface area contributed by atoms with Crippen molar-refractivity contribution in [3.05, 3.63) is 30.3 Å². The molecule has 0 N–H and O–H groups in total. The van der Waals surface area contributed by atoms with E-state index >= 15 is 0 Å². The number of ether oxygens (including phenoxy) is 1. The van der Waals surface area contributed by atoms with E-state index in [1.165, 1.54) is 25.8 Å². The van der Waals surface area contributed by atoms with Crippen molar-refractivity contribution in [2.24, 2.45) is 0 Å². The Kier molecular flexibility index (Phi) is 5.05. The molecule has 86 valence electrons. The van der Waals surface area contributed by atoms with Crippen LogP contribution in [0.4, 0.5) is 0 Å². The number of thioether (sulfide) groups is 1. The molecule has 0 spiro atoms. The van der Waals surface area contributed by atoms with Crippen LogP contribution in [-0.2, 0) is 14.3 Å². The second-order valence-electron chi connectivity index (χ2n) is 3.31. The van der Waals surface area contributed by atoms with Gasteiger partial charge in [-0.1, -0.05) is 18.2 Å². The molecule has 0 heterocycles. The van der Waals surface area contributed by atoms with Gasteiger partial charge in [-0.3, -0.25) is 9.59 Å². The van der Waals surface area contributed by atoms with Crippen LogP contribution in [0.15, 0.2) is 35.2 Å². The molecule has 1 aromatic carbocycles. The zero-order valence-electron chi connectivity index (χ0n) is 9.30. The standard InChI is InChI=1S/C12H14O3S/c1-9(13)11(8-12(14)15-2)16-10-6-4-3-5-7-10/h3-7,11H,8H2,1-2H3. The van der Waals surface area contributed by atoms with Crippen molar-refractivity contribution in [1.82, 2.24) is 0 Å². The van der Waals surface area contributed by atoms with Gasteiger partial charge in [0.25, 0.3) is 0 Å². The second kappa shape index (κ2) is 6.33. The Balaban J connectivity index is 2.65. The Hall–Kier alpha value is -1.29. The average molecular weight is 238 g/mol. The maximum absolute atomic E-state index is 11.4. The van der Waals surface area contributed by atoms with Gasteiger partial charge in [-0.25, -0.2) is 0 Å². The fourth-order valence-electron chi connectivity index (χ4n) is 1.17. The maximum atomic E-state index is 11.4. The number of rotatable bonds is 5. The molecular formula is C12H14O3S. The van der Waals surface area contributed by atoms with Gasteiger partial charge in [-0.2, -0.15) is 0 Å². The monoisotopic (exact) mass is 238 g/mol. The molecule has 0 aliphatic heterocycles. The summed E-state index contributed by atoms with van der Waals surface area (Å²) in [6.07, 6.45) is 0.116. The minimum atomic E-state index is -0.366. The van der Waals surface area contributed by atoms with Crippen LogP contribution in [-0.4, -0.2) is 24.1 Å². The van der Waals surface area contributed by atoms with Crippen LogP contribution in [0.2, 0.25) is 0 Å². The van der Waals surface area contributed by atoms with E-state index in [2.05, 4.69) is 4.74 Å². The predicted octanol–water partition coefficient (Wildman–Crippen LogP) is 2.30. The highest BCUT2D eigenvalue weighted by Crippen LogP contribution is 2.25. The van der Waals surface area contributed by atoms with E-state index in [-0.39, 0.29) is 23.4 Å². The molecule has 0 aliphatic carbocycles. The van der Waals surface area contributed by atoms with Crippen LogP contribution in [0.3, 0.4) is 0 Å². The van der Waals surface area contributed by atoms with Crippen molar-refractivity contribution < 1.29 is 14.3 Å². The fraction of sp³-hybridized carbons (Fsp3) is 0.333. The molecule has 1 unspecified atom stereocenters. The summed E-state index contributed by atoms with van der Waals surface area (Å²) in [5.41, 5.74) is 0. The number of benzene rings is 1. The minimum absolute atomic E-state index is 0.0146. The van der Waals surface area contributed by atoms with Gasteiger partial charge in [-0.05, 0) is 19.1 Å². The van der Waals surface area contributed by atoms with Crippen LogP contribution in [0.1, 0.15) is 13.3 Å². The third-order valence-electron chi connectivity index (χ3n) is 2.05. The van der Waals surface area contributed by atoms with Crippen molar-refractivity contribution in [2.75, 3.05) is 7.11 Å². The van der Waals surface area contributed by atoms with Crippen molar-refractivity contribution in [3.8, 4) is 0 Å². The van der Waals surface area contributed by atoms with Crippen LogP contribution in [0, 0.1) is 0 Å². The van der Waals surface area contributed by atoms with E-state index in [0.29, 0.717) is 0 Å². The molecule has 3 nitrogen and oxygen atoms in total. The number of esters is 1. The summed E-state index contributed by atoms with van der Waals surface area (Å²) >= 11 is 1.39. The van der Waals surface area contributed by atoms with Crippen LogP contribution >= 0.6 is 11.8 Å². The first-order valence-corrected chi connectivity index (χ1v) is 5.80. The SMILES string of the molecule is COC(=O)CC(Sc1ccccc1)C(C)=O. The number of Topliss-reactive ketones (excluding diaryl/α,β-unsaturated/α-hetero) is 1. The molecule has 0 radical (unpaired) electrons. The Morgan fingerprint density at radius 3 is 2.44 bits per heavy atom. The third-order valence-corrected chi connectivity index (χ3v) is 3.38. The molecule has 16 heavy (non-hydrogen) atoms. The van der Waals surface area contributed by atoms with E-state index in [1.54, 1.807) is 0 Å². The second-order valence-corrected chi connectivity index (χ2v) is 4.59. The molecule has 0 fully saturated rings. The number of ketones is 1. The number of methoxy groups -OCH3 is 1. The Morgan fingerprint density at radius 2 is 1.94 bits per heavy atom. The summed E-state index contributed by atoms with van der Waals surface area (Å²) in [5.74, 6) is -0.372. The summed E-state index contributed by atoms with van der Waals surface area (Å²) < 4.78 is 4.56. The normalized spacial score (nSPS) is 11.9. The molecule has 0 saturated carbocycles. The molecule has 0 aliphatic rings. The summed E-state index contributed by atoms with van der Waals surface area (Å²) in [6, 6.07) is 9.54. The molecule has 1 aromatic rings. The molecule has 0 amide bonds. The van der Waals surface area contributed by atoms with E-state index < -0.39 is 0 Å². The van der Waals surface area contributed by atoms with E-state index in [9.17, 15) is 9.59 Å². The smallest absolute Gasteiger partial charge is 0.307 e. The van der Waals surface area contributed by atoms with Crippen molar-refractivity contribution in [2.45, 2.75) is 23.5 Å². The Labute approximate surface area is 99.2 Å². The van der Waals surface area contributed by atoms with Crippen LogP contribution < -0.4 is 0 Å². The van der Waals surface area contributed by atoms with E-state index in [1.807, 2.05) is 30.3 Å². The number of carbonyl (C=O) groups is 2. The van der Waals surface area contributed by atoms with Crippen LogP contribution in [0.5, 0.6) is 0 Å². The zero-order chi connectivity index (χ0) is 12.0. The van der Waals surface area contributed by atoms with Gasteiger partial charge >= 0.3 is 5.97 Å². The van der Waals surface area contributed by atoms with Gasteiger partial charge in [-0.15, -0.1) is 11.8 Å². The number of carbonyl (C=O) groups excluding carboxylic acids is 2. The summed E-state index contributed by atoms with van der Waals surface area (Å²) in [4.78, 5) is 23.5. The van der Waals surface area contributed by atoms with Gasteiger partial charge in [0.2, 0.25) is 0 Å². The van der Waals surface area contributed by atoms with Gasteiger partial charge in [0.1, 0.15) is 5.78 Å². The average Bonchev–Trinajstić information content (AvgIpc) is 2.29. The molecule has 4 heteroatoms. The van der Waals surface area contributed by atoms with Crippen molar-refractivity contribution >= 4 is 23.5 Å². The summed E-state index contributed by atoms with van der Waals surface area (Å²) in [5, 5.41) is -0.366. The highest BCUT2D eigenvalue weighted by molar-refractivity contribution is 8.00. The Morgan fingerprint density at radius 1 is 1.31 bits per heavy atom. The topological polar surface area (TPSA) is 43.4 Å². The largest absolute Gasteiger partial charge is 0.469 e. The lowest BCUT2D eigenvalue weighted by molar-refractivity contribution is -0.141. The third kappa shape index (κ3) is 4.06. The highest BCUT2D eigenvalue weighted by atomic mass is 32.2. The van der Waals surface area contributed by atoms with Gasteiger partial charge in [0, 0.05) is 4.90 Å².